The predicted molar refractivity (Wildman–Crippen MR) is 73.0 cm³/mol. The Labute approximate surface area is 104 Å². The second kappa shape index (κ2) is 4.94. The van der Waals surface area contributed by atoms with Gasteiger partial charge in [0.25, 0.3) is 0 Å². The highest BCUT2D eigenvalue weighted by Crippen LogP contribution is 2.30. The van der Waals surface area contributed by atoms with E-state index in [1.54, 1.807) is 0 Å². The van der Waals surface area contributed by atoms with E-state index in [1.165, 1.54) is 19.3 Å². The van der Waals surface area contributed by atoms with Crippen LogP contribution in [-0.2, 0) is 0 Å². The van der Waals surface area contributed by atoms with Gasteiger partial charge in [-0.15, -0.1) is 0 Å². The third kappa shape index (κ3) is 2.90. The summed E-state index contributed by atoms with van der Waals surface area (Å²) in [6, 6.07) is 4.47. The van der Waals surface area contributed by atoms with Gasteiger partial charge in [-0.2, -0.15) is 0 Å². The van der Waals surface area contributed by atoms with Crippen molar-refractivity contribution in [3.63, 3.8) is 0 Å². The highest BCUT2D eigenvalue weighted by Gasteiger charge is 2.25. The average Bonchev–Trinajstić information content (AvgIpc) is 2.27. The van der Waals surface area contributed by atoms with E-state index in [0.29, 0.717) is 6.04 Å². The van der Waals surface area contributed by atoms with Gasteiger partial charge in [-0.1, -0.05) is 13.8 Å². The molecule has 0 spiro atoms. The molecule has 1 heterocycles. The first-order valence-electron chi connectivity index (χ1n) is 6.56. The molecule has 0 bridgehead atoms. The van der Waals surface area contributed by atoms with E-state index in [0.717, 1.165) is 29.0 Å². The molecule has 1 aromatic heterocycles. The van der Waals surface area contributed by atoms with Crippen molar-refractivity contribution in [3.8, 4) is 0 Å². The van der Waals surface area contributed by atoms with Crippen LogP contribution in [0.15, 0.2) is 12.1 Å². The molecule has 0 amide bonds. The van der Waals surface area contributed by atoms with Crippen LogP contribution in [-0.4, -0.2) is 11.0 Å². The SMILES string of the molecule is Cc1nc(NC2CCC(C)CC2C)ccc1N. The molecule has 0 radical (unpaired) electrons. The van der Waals surface area contributed by atoms with Crippen molar-refractivity contribution < 1.29 is 0 Å². The van der Waals surface area contributed by atoms with Gasteiger partial charge in [0.15, 0.2) is 0 Å². The highest BCUT2D eigenvalue weighted by molar-refractivity contribution is 5.49. The molecule has 3 atom stereocenters. The quantitative estimate of drug-likeness (QED) is 0.824. The topological polar surface area (TPSA) is 50.9 Å². The van der Waals surface area contributed by atoms with Gasteiger partial charge in [0.05, 0.1) is 11.4 Å². The van der Waals surface area contributed by atoms with Crippen LogP contribution in [0.25, 0.3) is 0 Å². The third-order valence-corrected chi connectivity index (χ3v) is 3.89. The maximum Gasteiger partial charge on any atom is 0.126 e. The summed E-state index contributed by atoms with van der Waals surface area (Å²) in [6.45, 7) is 6.63. The molecule has 0 aromatic carbocycles. The monoisotopic (exact) mass is 233 g/mol. The zero-order valence-corrected chi connectivity index (χ0v) is 11.0. The number of nitrogens with one attached hydrogen (secondary N) is 1. The first-order chi connectivity index (χ1) is 8.06. The molecule has 3 heteroatoms. The molecule has 1 saturated carbocycles. The fourth-order valence-electron chi connectivity index (χ4n) is 2.72. The predicted octanol–water partition coefficient (Wildman–Crippen LogP) is 3.21. The van der Waals surface area contributed by atoms with E-state index in [4.69, 9.17) is 5.73 Å². The number of anilines is 2. The van der Waals surface area contributed by atoms with Crippen LogP contribution in [0.3, 0.4) is 0 Å². The van der Waals surface area contributed by atoms with Crippen LogP contribution in [0.2, 0.25) is 0 Å². The molecule has 1 aromatic rings. The second-order valence-corrected chi connectivity index (χ2v) is 5.52. The molecular formula is C14H23N3. The normalized spacial score (nSPS) is 29.0. The summed E-state index contributed by atoms with van der Waals surface area (Å²) in [6.07, 6.45) is 3.87. The summed E-state index contributed by atoms with van der Waals surface area (Å²) in [4.78, 5) is 4.48. The van der Waals surface area contributed by atoms with E-state index < -0.39 is 0 Å². The minimum atomic E-state index is 0.557. The van der Waals surface area contributed by atoms with Gasteiger partial charge in [-0.25, -0.2) is 4.98 Å². The van der Waals surface area contributed by atoms with Crippen LogP contribution in [0, 0.1) is 18.8 Å². The Kier molecular flexibility index (Phi) is 3.55. The zero-order chi connectivity index (χ0) is 12.4. The van der Waals surface area contributed by atoms with E-state index >= 15 is 0 Å². The second-order valence-electron chi connectivity index (χ2n) is 5.52. The number of hydrogen-bond donors (Lipinski definition) is 2. The Balaban J connectivity index is 2.02. The Morgan fingerprint density at radius 1 is 1.29 bits per heavy atom. The zero-order valence-electron chi connectivity index (χ0n) is 11.0. The molecule has 3 nitrogen and oxygen atoms in total. The standard InChI is InChI=1S/C14H23N3/c1-9-4-6-13(10(2)8-9)17-14-7-5-12(15)11(3)16-14/h5,7,9-10,13H,4,6,8,15H2,1-3H3,(H,16,17). The Morgan fingerprint density at radius 3 is 2.71 bits per heavy atom. The number of pyridine rings is 1. The average molecular weight is 233 g/mol. The smallest absolute Gasteiger partial charge is 0.126 e. The van der Waals surface area contributed by atoms with Crippen molar-refractivity contribution in [1.82, 2.24) is 4.98 Å². The summed E-state index contributed by atoms with van der Waals surface area (Å²) in [7, 11) is 0. The van der Waals surface area contributed by atoms with Gasteiger partial charge >= 0.3 is 0 Å². The van der Waals surface area contributed by atoms with Crippen LogP contribution in [0.5, 0.6) is 0 Å². The van der Waals surface area contributed by atoms with E-state index in [1.807, 2.05) is 19.1 Å². The third-order valence-electron chi connectivity index (χ3n) is 3.89. The molecule has 3 unspecified atom stereocenters. The molecular weight excluding hydrogens is 210 g/mol. The summed E-state index contributed by atoms with van der Waals surface area (Å²) in [5.74, 6) is 2.55. The van der Waals surface area contributed by atoms with Crippen LogP contribution >= 0.6 is 0 Å². The first-order valence-corrected chi connectivity index (χ1v) is 6.56. The fourth-order valence-corrected chi connectivity index (χ4v) is 2.72. The van der Waals surface area contributed by atoms with Gasteiger partial charge in [-0.05, 0) is 50.2 Å². The number of aromatic nitrogens is 1. The van der Waals surface area contributed by atoms with Crippen molar-refractivity contribution in [2.24, 2.45) is 11.8 Å². The number of nitrogens with two attached hydrogens (primary N) is 1. The molecule has 0 aliphatic heterocycles. The summed E-state index contributed by atoms with van der Waals surface area (Å²) < 4.78 is 0. The Hall–Kier alpha value is -1.25. The lowest BCUT2D eigenvalue weighted by molar-refractivity contribution is 0.276. The molecule has 94 valence electrons. The summed E-state index contributed by atoms with van der Waals surface area (Å²) >= 11 is 0. The number of aryl methyl sites for hydroxylation is 1. The fraction of sp³-hybridized carbons (Fsp3) is 0.643. The summed E-state index contributed by atoms with van der Waals surface area (Å²) in [5, 5.41) is 3.55. The summed E-state index contributed by atoms with van der Waals surface area (Å²) in [5.41, 5.74) is 7.45. The largest absolute Gasteiger partial charge is 0.397 e. The number of hydrogen-bond acceptors (Lipinski definition) is 3. The van der Waals surface area contributed by atoms with Gasteiger partial charge < -0.3 is 11.1 Å². The van der Waals surface area contributed by atoms with Crippen molar-refractivity contribution in [2.45, 2.75) is 46.1 Å². The lowest BCUT2D eigenvalue weighted by Gasteiger charge is -2.33. The lowest BCUT2D eigenvalue weighted by atomic mass is 9.80. The lowest BCUT2D eigenvalue weighted by Crippen LogP contribution is -2.33. The molecule has 1 fully saturated rings. The molecule has 17 heavy (non-hydrogen) atoms. The molecule has 0 saturated heterocycles. The van der Waals surface area contributed by atoms with Crippen LogP contribution in [0.1, 0.15) is 38.8 Å². The Bertz CT molecular complexity index is 389. The Morgan fingerprint density at radius 2 is 2.06 bits per heavy atom. The molecule has 2 rings (SSSR count). The van der Waals surface area contributed by atoms with Crippen molar-refractivity contribution >= 4 is 11.5 Å². The van der Waals surface area contributed by atoms with E-state index in [-0.39, 0.29) is 0 Å². The van der Waals surface area contributed by atoms with Gasteiger partial charge in [0.1, 0.15) is 5.82 Å². The van der Waals surface area contributed by atoms with Crippen LogP contribution < -0.4 is 11.1 Å². The van der Waals surface area contributed by atoms with Crippen molar-refractivity contribution in [1.29, 1.82) is 0 Å². The van der Waals surface area contributed by atoms with E-state index in [9.17, 15) is 0 Å². The van der Waals surface area contributed by atoms with Crippen molar-refractivity contribution in [3.05, 3.63) is 17.8 Å². The van der Waals surface area contributed by atoms with Crippen molar-refractivity contribution in [2.75, 3.05) is 11.1 Å². The molecule has 1 aliphatic rings. The maximum atomic E-state index is 5.78. The van der Waals surface area contributed by atoms with Crippen LogP contribution in [0.4, 0.5) is 11.5 Å². The van der Waals surface area contributed by atoms with Gasteiger partial charge in [-0.3, -0.25) is 0 Å². The van der Waals surface area contributed by atoms with Gasteiger partial charge in [0, 0.05) is 6.04 Å². The maximum absolute atomic E-state index is 5.78. The molecule has 3 N–H and O–H groups in total. The highest BCUT2D eigenvalue weighted by atomic mass is 15.0. The minimum absolute atomic E-state index is 0.557. The van der Waals surface area contributed by atoms with Gasteiger partial charge in [0.2, 0.25) is 0 Å². The number of rotatable bonds is 2. The molecule has 1 aliphatic carbocycles. The first kappa shape index (κ1) is 12.2. The number of nitrogen functional groups attached to an aromatic ring is 1. The number of nitrogens with zero attached hydrogens (tertiary/aromatic N) is 1. The minimum Gasteiger partial charge on any atom is -0.397 e. The van der Waals surface area contributed by atoms with E-state index in [2.05, 4.69) is 24.1 Å².